The number of ether oxygens (including phenoxy) is 2. The molecule has 3 rings (SSSR count). The summed E-state index contributed by atoms with van der Waals surface area (Å²) in [6.07, 6.45) is 2.08. The predicted octanol–water partition coefficient (Wildman–Crippen LogP) is 2.47. The molecule has 1 aromatic rings. The van der Waals surface area contributed by atoms with Gasteiger partial charge in [-0.1, -0.05) is 0 Å². The summed E-state index contributed by atoms with van der Waals surface area (Å²) in [5.41, 5.74) is 4.13. The summed E-state index contributed by atoms with van der Waals surface area (Å²) < 4.78 is 10.5. The van der Waals surface area contributed by atoms with Crippen LogP contribution in [0.3, 0.4) is 0 Å². The van der Waals surface area contributed by atoms with Gasteiger partial charge in [-0.2, -0.15) is 0 Å². The number of hydrogen-bond donors (Lipinski definition) is 1. The first-order valence-corrected chi connectivity index (χ1v) is 8.93. The van der Waals surface area contributed by atoms with E-state index in [2.05, 4.69) is 23.2 Å². The molecule has 2 aliphatic heterocycles. The largest absolute Gasteiger partial charge is 0.465 e. The van der Waals surface area contributed by atoms with Crippen LogP contribution in [0.5, 0.6) is 0 Å². The van der Waals surface area contributed by atoms with Crippen molar-refractivity contribution in [3.8, 4) is 0 Å². The number of esters is 1. The minimum Gasteiger partial charge on any atom is -0.465 e. The lowest BCUT2D eigenvalue weighted by molar-refractivity contribution is 0.0599. The van der Waals surface area contributed by atoms with E-state index in [1.54, 1.807) is 0 Å². The molecule has 2 saturated heterocycles. The summed E-state index contributed by atoms with van der Waals surface area (Å²) in [7, 11) is 1.45. The van der Waals surface area contributed by atoms with Crippen molar-refractivity contribution >= 4 is 11.7 Å². The van der Waals surface area contributed by atoms with E-state index in [1.807, 2.05) is 13.0 Å². The van der Waals surface area contributed by atoms with Gasteiger partial charge in [0.05, 0.1) is 12.7 Å². The number of carbonyl (C=O) groups is 1. The van der Waals surface area contributed by atoms with Crippen molar-refractivity contribution in [3.05, 3.63) is 28.8 Å². The lowest BCUT2D eigenvalue weighted by Gasteiger charge is -2.37. The summed E-state index contributed by atoms with van der Waals surface area (Å²) in [4.78, 5) is 14.7. The predicted molar refractivity (Wildman–Crippen MR) is 95.0 cm³/mol. The summed E-state index contributed by atoms with van der Waals surface area (Å²) in [5, 5.41) is 3.32. The molecule has 0 saturated carbocycles. The maximum atomic E-state index is 12.3. The van der Waals surface area contributed by atoms with Crippen molar-refractivity contribution in [1.29, 1.82) is 0 Å². The van der Waals surface area contributed by atoms with Crippen LogP contribution in [0.1, 0.15) is 47.2 Å². The molecule has 2 heterocycles. The molecule has 0 bridgehead atoms. The average Bonchev–Trinajstić information content (AvgIpc) is 2.56. The lowest BCUT2D eigenvalue weighted by Crippen LogP contribution is -2.41. The van der Waals surface area contributed by atoms with Gasteiger partial charge in [-0.25, -0.2) is 4.79 Å². The van der Waals surface area contributed by atoms with Gasteiger partial charge in [0.25, 0.3) is 0 Å². The van der Waals surface area contributed by atoms with Crippen LogP contribution in [-0.4, -0.2) is 52.0 Å². The number of hydrogen-bond acceptors (Lipinski definition) is 5. The highest BCUT2D eigenvalue weighted by Crippen LogP contribution is 2.33. The van der Waals surface area contributed by atoms with E-state index < -0.39 is 0 Å². The number of rotatable bonds is 5. The molecule has 0 spiro atoms. The quantitative estimate of drug-likeness (QED) is 0.840. The molecule has 24 heavy (non-hydrogen) atoms. The van der Waals surface area contributed by atoms with Gasteiger partial charge in [-0.3, -0.25) is 0 Å². The van der Waals surface area contributed by atoms with Gasteiger partial charge in [0, 0.05) is 50.5 Å². The molecule has 0 aromatic heterocycles. The third-order valence-corrected chi connectivity index (χ3v) is 5.34. The van der Waals surface area contributed by atoms with Gasteiger partial charge in [-0.05, 0) is 49.9 Å². The highest BCUT2D eigenvalue weighted by molar-refractivity contribution is 5.93. The first-order chi connectivity index (χ1) is 11.7. The van der Waals surface area contributed by atoms with E-state index in [0.717, 1.165) is 51.3 Å². The maximum Gasteiger partial charge on any atom is 0.338 e. The van der Waals surface area contributed by atoms with Gasteiger partial charge < -0.3 is 19.7 Å². The summed E-state index contributed by atoms with van der Waals surface area (Å²) in [6.45, 7) is 8.74. The first-order valence-electron chi connectivity index (χ1n) is 8.93. The third-order valence-electron chi connectivity index (χ3n) is 5.34. The zero-order chi connectivity index (χ0) is 17.1. The zero-order valence-electron chi connectivity index (χ0n) is 14.9. The van der Waals surface area contributed by atoms with Crippen molar-refractivity contribution in [2.75, 3.05) is 44.9 Å². The molecule has 5 heteroatoms. The molecular formula is C19H28N2O3. The van der Waals surface area contributed by atoms with Gasteiger partial charge in [0.15, 0.2) is 0 Å². The van der Waals surface area contributed by atoms with E-state index in [0.29, 0.717) is 17.5 Å². The fourth-order valence-corrected chi connectivity index (χ4v) is 3.72. The Kier molecular flexibility index (Phi) is 5.41. The Morgan fingerprint density at radius 1 is 1.33 bits per heavy atom. The SMILES string of the molecule is CCN(c1cc(C2CNC2)cc(C(=O)OC)c1C)C1CCOCC1. The molecule has 132 valence electrons. The maximum absolute atomic E-state index is 12.3. The van der Waals surface area contributed by atoms with Crippen LogP contribution in [0, 0.1) is 6.92 Å². The number of carbonyl (C=O) groups excluding carboxylic acids is 1. The van der Waals surface area contributed by atoms with Crippen LogP contribution in [-0.2, 0) is 9.47 Å². The molecular weight excluding hydrogens is 304 g/mol. The molecule has 0 atom stereocenters. The average molecular weight is 332 g/mol. The first kappa shape index (κ1) is 17.2. The van der Waals surface area contributed by atoms with Crippen LogP contribution >= 0.6 is 0 Å². The summed E-state index contributed by atoms with van der Waals surface area (Å²) in [5.74, 6) is 0.243. The molecule has 2 aliphatic rings. The van der Waals surface area contributed by atoms with Crippen LogP contribution in [0.2, 0.25) is 0 Å². The number of nitrogens with one attached hydrogen (secondary N) is 1. The molecule has 0 unspecified atom stereocenters. The smallest absolute Gasteiger partial charge is 0.338 e. The molecule has 2 fully saturated rings. The molecule has 0 radical (unpaired) electrons. The Balaban J connectivity index is 2.01. The van der Waals surface area contributed by atoms with Crippen LogP contribution < -0.4 is 10.2 Å². The molecule has 0 amide bonds. The summed E-state index contributed by atoms with van der Waals surface area (Å²) >= 11 is 0. The van der Waals surface area contributed by atoms with E-state index >= 15 is 0 Å². The van der Waals surface area contributed by atoms with Crippen molar-refractivity contribution in [1.82, 2.24) is 5.32 Å². The fraction of sp³-hybridized carbons (Fsp3) is 0.632. The number of methoxy groups -OCH3 is 1. The molecule has 1 N–H and O–H groups in total. The van der Waals surface area contributed by atoms with E-state index in [4.69, 9.17) is 9.47 Å². The molecule has 0 aliphatic carbocycles. The third kappa shape index (κ3) is 3.28. The highest BCUT2D eigenvalue weighted by atomic mass is 16.5. The Morgan fingerprint density at radius 2 is 2.04 bits per heavy atom. The van der Waals surface area contributed by atoms with Crippen molar-refractivity contribution in [2.45, 2.75) is 38.6 Å². The van der Waals surface area contributed by atoms with Crippen molar-refractivity contribution in [2.24, 2.45) is 0 Å². The minimum absolute atomic E-state index is 0.245. The summed E-state index contributed by atoms with van der Waals surface area (Å²) in [6, 6.07) is 4.78. The second kappa shape index (κ2) is 7.53. The zero-order valence-corrected chi connectivity index (χ0v) is 14.9. The minimum atomic E-state index is -0.245. The Bertz CT molecular complexity index is 593. The Hall–Kier alpha value is -1.59. The van der Waals surface area contributed by atoms with E-state index in [1.165, 1.54) is 18.4 Å². The van der Waals surface area contributed by atoms with Crippen molar-refractivity contribution in [3.63, 3.8) is 0 Å². The number of benzene rings is 1. The van der Waals surface area contributed by atoms with Gasteiger partial charge in [0.2, 0.25) is 0 Å². The number of nitrogens with zero attached hydrogens (tertiary/aromatic N) is 1. The van der Waals surface area contributed by atoms with Crippen molar-refractivity contribution < 1.29 is 14.3 Å². The van der Waals surface area contributed by atoms with E-state index in [-0.39, 0.29) is 5.97 Å². The lowest BCUT2D eigenvalue weighted by atomic mass is 9.89. The highest BCUT2D eigenvalue weighted by Gasteiger charge is 2.27. The fourth-order valence-electron chi connectivity index (χ4n) is 3.72. The van der Waals surface area contributed by atoms with Crippen LogP contribution in [0.25, 0.3) is 0 Å². The van der Waals surface area contributed by atoms with Gasteiger partial charge >= 0.3 is 5.97 Å². The molecule has 1 aromatic carbocycles. The normalized spacial score (nSPS) is 19.0. The topological polar surface area (TPSA) is 50.8 Å². The monoisotopic (exact) mass is 332 g/mol. The second-order valence-electron chi connectivity index (χ2n) is 6.69. The van der Waals surface area contributed by atoms with Gasteiger partial charge in [0.1, 0.15) is 0 Å². The van der Waals surface area contributed by atoms with E-state index in [9.17, 15) is 4.79 Å². The second-order valence-corrected chi connectivity index (χ2v) is 6.69. The van der Waals surface area contributed by atoms with Crippen LogP contribution in [0.15, 0.2) is 12.1 Å². The number of anilines is 1. The van der Waals surface area contributed by atoms with Gasteiger partial charge in [-0.15, -0.1) is 0 Å². The Morgan fingerprint density at radius 3 is 2.58 bits per heavy atom. The van der Waals surface area contributed by atoms with Crippen LogP contribution in [0.4, 0.5) is 5.69 Å². The standard InChI is InChI=1S/C19H28N2O3/c1-4-21(16-5-7-24-8-6-16)18-10-14(15-11-20-12-15)9-17(13(18)2)19(22)23-3/h9-10,15-16,20H,4-8,11-12H2,1-3H3. The molecule has 5 nitrogen and oxygen atoms in total. The Labute approximate surface area is 144 Å².